The highest BCUT2D eigenvalue weighted by atomic mass is 16.1. The van der Waals surface area contributed by atoms with Crippen molar-refractivity contribution in [2.45, 2.75) is 38.1 Å². The molecule has 0 aromatic heterocycles. The van der Waals surface area contributed by atoms with Crippen molar-refractivity contribution in [3.05, 3.63) is 12.2 Å². The van der Waals surface area contributed by atoms with Crippen molar-refractivity contribution < 1.29 is 4.79 Å². The van der Waals surface area contributed by atoms with Gasteiger partial charge < -0.3 is 5.73 Å². The standard InChI is InChI=1S/C11H17NO/c12-10-5-4-9(7-10)11(13)6-3-8-1-2-8/h4-5,8-10H,1-3,6-7,12H2. The van der Waals surface area contributed by atoms with Crippen molar-refractivity contribution in [2.75, 3.05) is 0 Å². The van der Waals surface area contributed by atoms with Crippen LogP contribution in [0.2, 0.25) is 0 Å². The maximum atomic E-state index is 11.6. The predicted octanol–water partition coefficient (Wildman–Crippen LogP) is 1.65. The number of carbonyl (C=O) groups excluding carboxylic acids is 1. The molecule has 0 radical (unpaired) electrons. The highest BCUT2D eigenvalue weighted by molar-refractivity contribution is 5.83. The molecule has 2 nitrogen and oxygen atoms in total. The quantitative estimate of drug-likeness (QED) is 0.667. The molecule has 1 fully saturated rings. The summed E-state index contributed by atoms with van der Waals surface area (Å²) in [5.74, 6) is 1.40. The number of nitrogens with two attached hydrogens (primary N) is 1. The largest absolute Gasteiger partial charge is 0.324 e. The molecule has 2 aliphatic carbocycles. The first-order valence-corrected chi connectivity index (χ1v) is 5.22. The smallest absolute Gasteiger partial charge is 0.139 e. The Morgan fingerprint density at radius 2 is 2.15 bits per heavy atom. The van der Waals surface area contributed by atoms with E-state index < -0.39 is 0 Å². The number of rotatable bonds is 4. The Hall–Kier alpha value is -0.630. The van der Waals surface area contributed by atoms with Gasteiger partial charge in [0.2, 0.25) is 0 Å². The van der Waals surface area contributed by atoms with Crippen molar-refractivity contribution in [1.82, 2.24) is 0 Å². The van der Waals surface area contributed by atoms with Crippen LogP contribution >= 0.6 is 0 Å². The fraction of sp³-hybridized carbons (Fsp3) is 0.727. The molecule has 2 N–H and O–H groups in total. The summed E-state index contributed by atoms with van der Waals surface area (Å²) < 4.78 is 0. The van der Waals surface area contributed by atoms with Gasteiger partial charge in [0.1, 0.15) is 5.78 Å². The van der Waals surface area contributed by atoms with E-state index in [0.717, 1.165) is 25.2 Å². The van der Waals surface area contributed by atoms with Gasteiger partial charge in [-0.3, -0.25) is 4.79 Å². The van der Waals surface area contributed by atoms with Crippen LogP contribution in [0.25, 0.3) is 0 Å². The first-order chi connectivity index (χ1) is 6.25. The second kappa shape index (κ2) is 3.62. The van der Waals surface area contributed by atoms with Gasteiger partial charge in [-0.2, -0.15) is 0 Å². The predicted molar refractivity (Wildman–Crippen MR) is 52.2 cm³/mol. The highest BCUT2D eigenvalue weighted by Gasteiger charge is 2.26. The van der Waals surface area contributed by atoms with Crippen LogP contribution < -0.4 is 5.73 Å². The van der Waals surface area contributed by atoms with E-state index in [0.29, 0.717) is 5.78 Å². The number of hydrogen-bond donors (Lipinski definition) is 1. The Balaban J connectivity index is 1.73. The lowest BCUT2D eigenvalue weighted by atomic mass is 9.98. The molecule has 2 rings (SSSR count). The van der Waals surface area contributed by atoms with Crippen LogP contribution in [-0.4, -0.2) is 11.8 Å². The molecular formula is C11H17NO. The normalized spacial score (nSPS) is 32.4. The van der Waals surface area contributed by atoms with Gasteiger partial charge in [0.25, 0.3) is 0 Å². The third-order valence-corrected chi connectivity index (χ3v) is 3.03. The van der Waals surface area contributed by atoms with Crippen LogP contribution in [0.3, 0.4) is 0 Å². The van der Waals surface area contributed by atoms with E-state index in [1.807, 2.05) is 12.2 Å². The summed E-state index contributed by atoms with van der Waals surface area (Å²) in [6.07, 6.45) is 9.34. The van der Waals surface area contributed by atoms with Crippen LogP contribution in [0, 0.1) is 11.8 Å². The van der Waals surface area contributed by atoms with Crippen LogP contribution in [0.5, 0.6) is 0 Å². The number of Topliss-reactive ketones (excluding diaryl/α,β-unsaturated/α-hetero) is 1. The van der Waals surface area contributed by atoms with E-state index in [9.17, 15) is 4.79 Å². The number of carbonyl (C=O) groups is 1. The first kappa shape index (κ1) is 8.95. The lowest BCUT2D eigenvalue weighted by Crippen LogP contribution is -2.18. The Bertz CT molecular complexity index is 230. The molecule has 0 heterocycles. The molecule has 2 aliphatic rings. The summed E-state index contributed by atoms with van der Waals surface area (Å²) in [6.45, 7) is 0. The lowest BCUT2D eigenvalue weighted by Gasteiger charge is -2.07. The van der Waals surface area contributed by atoms with Crippen molar-refractivity contribution in [2.24, 2.45) is 17.6 Å². The molecule has 2 heteroatoms. The van der Waals surface area contributed by atoms with Gasteiger partial charge in [0.05, 0.1) is 0 Å². The van der Waals surface area contributed by atoms with Gasteiger partial charge in [0.15, 0.2) is 0 Å². The molecule has 13 heavy (non-hydrogen) atoms. The van der Waals surface area contributed by atoms with E-state index in [4.69, 9.17) is 5.73 Å². The third-order valence-electron chi connectivity index (χ3n) is 3.03. The SMILES string of the molecule is NC1C=CC(C(=O)CCC2CC2)C1. The third kappa shape index (κ3) is 2.41. The first-order valence-electron chi connectivity index (χ1n) is 5.22. The lowest BCUT2D eigenvalue weighted by molar-refractivity contribution is -0.121. The van der Waals surface area contributed by atoms with E-state index in [1.165, 1.54) is 12.8 Å². The molecule has 0 aliphatic heterocycles. The van der Waals surface area contributed by atoms with Gasteiger partial charge in [-0.05, 0) is 18.8 Å². The molecule has 2 unspecified atom stereocenters. The second-order valence-corrected chi connectivity index (χ2v) is 4.34. The molecule has 0 spiro atoms. The summed E-state index contributed by atoms with van der Waals surface area (Å²) in [5.41, 5.74) is 5.69. The van der Waals surface area contributed by atoms with Crippen LogP contribution in [-0.2, 0) is 4.79 Å². The summed E-state index contributed by atoms with van der Waals surface area (Å²) >= 11 is 0. The summed E-state index contributed by atoms with van der Waals surface area (Å²) in [4.78, 5) is 11.6. The summed E-state index contributed by atoms with van der Waals surface area (Å²) in [5, 5.41) is 0. The molecule has 0 aromatic rings. The monoisotopic (exact) mass is 179 g/mol. The fourth-order valence-corrected chi connectivity index (χ4v) is 1.90. The van der Waals surface area contributed by atoms with Crippen molar-refractivity contribution in [3.8, 4) is 0 Å². The van der Waals surface area contributed by atoms with Crippen molar-refractivity contribution >= 4 is 5.78 Å². The van der Waals surface area contributed by atoms with Gasteiger partial charge in [-0.25, -0.2) is 0 Å². The second-order valence-electron chi connectivity index (χ2n) is 4.34. The van der Waals surface area contributed by atoms with E-state index in [1.54, 1.807) is 0 Å². The van der Waals surface area contributed by atoms with Crippen molar-refractivity contribution in [1.29, 1.82) is 0 Å². The molecule has 0 aromatic carbocycles. The zero-order valence-electron chi connectivity index (χ0n) is 7.91. The number of ketones is 1. The van der Waals surface area contributed by atoms with E-state index in [2.05, 4.69) is 0 Å². The maximum Gasteiger partial charge on any atom is 0.139 e. The van der Waals surface area contributed by atoms with Crippen molar-refractivity contribution in [3.63, 3.8) is 0 Å². The highest BCUT2D eigenvalue weighted by Crippen LogP contribution is 2.34. The van der Waals surface area contributed by atoms with Gasteiger partial charge in [-0.1, -0.05) is 25.0 Å². The molecule has 1 saturated carbocycles. The Morgan fingerprint density at radius 3 is 2.69 bits per heavy atom. The Kier molecular flexibility index (Phi) is 2.49. The molecule has 2 atom stereocenters. The number of hydrogen-bond acceptors (Lipinski definition) is 2. The average molecular weight is 179 g/mol. The number of allylic oxidation sites excluding steroid dienone is 1. The van der Waals surface area contributed by atoms with E-state index in [-0.39, 0.29) is 12.0 Å². The Morgan fingerprint density at radius 1 is 1.38 bits per heavy atom. The minimum atomic E-state index is 0.120. The summed E-state index contributed by atoms with van der Waals surface area (Å²) in [7, 11) is 0. The zero-order valence-corrected chi connectivity index (χ0v) is 7.91. The molecular weight excluding hydrogens is 162 g/mol. The average Bonchev–Trinajstić information content (AvgIpc) is 2.84. The molecule has 72 valence electrons. The minimum absolute atomic E-state index is 0.120. The Labute approximate surface area is 79.2 Å². The fourth-order valence-electron chi connectivity index (χ4n) is 1.90. The molecule has 0 saturated heterocycles. The van der Waals surface area contributed by atoms with Crippen LogP contribution in [0.4, 0.5) is 0 Å². The summed E-state index contributed by atoms with van der Waals surface area (Å²) in [6, 6.07) is 0.120. The van der Waals surface area contributed by atoms with E-state index >= 15 is 0 Å². The van der Waals surface area contributed by atoms with Gasteiger partial charge in [-0.15, -0.1) is 0 Å². The maximum absolute atomic E-state index is 11.6. The topological polar surface area (TPSA) is 43.1 Å². The van der Waals surface area contributed by atoms with Crippen LogP contribution in [0.15, 0.2) is 12.2 Å². The van der Waals surface area contributed by atoms with Gasteiger partial charge >= 0.3 is 0 Å². The van der Waals surface area contributed by atoms with Gasteiger partial charge in [0, 0.05) is 18.4 Å². The zero-order chi connectivity index (χ0) is 9.26. The molecule has 0 amide bonds. The van der Waals surface area contributed by atoms with Crippen LogP contribution in [0.1, 0.15) is 32.1 Å². The molecule has 0 bridgehead atoms. The minimum Gasteiger partial charge on any atom is -0.324 e.